The molecule has 2 fully saturated rings. The minimum absolute atomic E-state index is 0.0857. The molecule has 3 heteroatoms. The first-order chi connectivity index (χ1) is 7.70. The fourth-order valence-electron chi connectivity index (χ4n) is 2.90. The number of carbonyl (C=O) groups excluding carboxylic acids is 1. The van der Waals surface area contributed by atoms with Gasteiger partial charge in [-0.25, -0.2) is 0 Å². The Morgan fingerprint density at radius 3 is 2.56 bits per heavy atom. The third kappa shape index (κ3) is 2.57. The van der Waals surface area contributed by atoms with Gasteiger partial charge in [0.2, 0.25) is 5.91 Å². The maximum Gasteiger partial charge on any atom is 0.240 e. The topological polar surface area (TPSA) is 32.3 Å². The highest BCUT2D eigenvalue weighted by molar-refractivity contribution is 5.83. The standard InChI is InChI=1S/C13H24N2O/c1-3-12-13(16)15(9-14-12)8-11-6-4-10(2)5-7-11/h10-12,14H,3-9H2,1-2H3. The molecule has 92 valence electrons. The Morgan fingerprint density at radius 2 is 2.00 bits per heavy atom. The summed E-state index contributed by atoms with van der Waals surface area (Å²) < 4.78 is 0. The highest BCUT2D eigenvalue weighted by Crippen LogP contribution is 2.29. The Morgan fingerprint density at radius 1 is 1.31 bits per heavy atom. The van der Waals surface area contributed by atoms with Gasteiger partial charge in [-0.2, -0.15) is 0 Å². The van der Waals surface area contributed by atoms with E-state index in [-0.39, 0.29) is 6.04 Å². The quantitative estimate of drug-likeness (QED) is 0.795. The first kappa shape index (κ1) is 11.9. The maximum absolute atomic E-state index is 11.9. The summed E-state index contributed by atoms with van der Waals surface area (Å²) in [5, 5.41) is 3.28. The van der Waals surface area contributed by atoms with Crippen molar-refractivity contribution < 1.29 is 4.79 Å². The predicted molar refractivity (Wildman–Crippen MR) is 64.9 cm³/mol. The van der Waals surface area contributed by atoms with E-state index in [0.29, 0.717) is 5.91 Å². The molecular weight excluding hydrogens is 200 g/mol. The monoisotopic (exact) mass is 224 g/mol. The van der Waals surface area contributed by atoms with Crippen LogP contribution in [-0.4, -0.2) is 30.1 Å². The average molecular weight is 224 g/mol. The van der Waals surface area contributed by atoms with Crippen LogP contribution in [-0.2, 0) is 4.79 Å². The minimum Gasteiger partial charge on any atom is -0.328 e. The zero-order valence-corrected chi connectivity index (χ0v) is 10.5. The lowest BCUT2D eigenvalue weighted by atomic mass is 9.83. The van der Waals surface area contributed by atoms with E-state index in [2.05, 4.69) is 19.2 Å². The van der Waals surface area contributed by atoms with Crippen LogP contribution < -0.4 is 5.32 Å². The number of carbonyl (C=O) groups is 1. The van der Waals surface area contributed by atoms with E-state index < -0.39 is 0 Å². The van der Waals surface area contributed by atoms with Gasteiger partial charge < -0.3 is 4.90 Å². The van der Waals surface area contributed by atoms with Gasteiger partial charge in [0.1, 0.15) is 0 Å². The summed E-state index contributed by atoms with van der Waals surface area (Å²) >= 11 is 0. The summed E-state index contributed by atoms with van der Waals surface area (Å²) in [5.41, 5.74) is 0. The van der Waals surface area contributed by atoms with Crippen LogP contribution in [0.1, 0.15) is 46.0 Å². The van der Waals surface area contributed by atoms with Crippen molar-refractivity contribution in [3.63, 3.8) is 0 Å². The van der Waals surface area contributed by atoms with Gasteiger partial charge in [-0.3, -0.25) is 10.1 Å². The van der Waals surface area contributed by atoms with Crippen LogP contribution in [0.2, 0.25) is 0 Å². The summed E-state index contributed by atoms with van der Waals surface area (Å²) in [6.45, 7) is 6.16. The molecule has 1 heterocycles. The lowest BCUT2D eigenvalue weighted by molar-refractivity contribution is -0.129. The fraction of sp³-hybridized carbons (Fsp3) is 0.923. The molecule has 0 aromatic rings. The van der Waals surface area contributed by atoms with Crippen LogP contribution in [0.4, 0.5) is 0 Å². The van der Waals surface area contributed by atoms with Gasteiger partial charge in [-0.1, -0.05) is 26.7 Å². The number of hydrogen-bond acceptors (Lipinski definition) is 2. The van der Waals surface area contributed by atoms with Gasteiger partial charge in [0.05, 0.1) is 12.7 Å². The van der Waals surface area contributed by atoms with Crippen LogP contribution in [0.15, 0.2) is 0 Å². The van der Waals surface area contributed by atoms with E-state index in [0.717, 1.165) is 31.5 Å². The van der Waals surface area contributed by atoms with Crippen molar-refractivity contribution in [3.05, 3.63) is 0 Å². The van der Waals surface area contributed by atoms with Crippen molar-refractivity contribution in [1.82, 2.24) is 10.2 Å². The summed E-state index contributed by atoms with van der Waals surface area (Å²) in [6.07, 6.45) is 6.22. The number of nitrogens with one attached hydrogen (secondary N) is 1. The predicted octanol–water partition coefficient (Wildman–Crippen LogP) is 1.98. The molecule has 1 saturated carbocycles. The van der Waals surface area contributed by atoms with Crippen molar-refractivity contribution >= 4 is 5.91 Å². The van der Waals surface area contributed by atoms with E-state index in [1.807, 2.05) is 4.90 Å². The van der Waals surface area contributed by atoms with Crippen LogP contribution >= 0.6 is 0 Å². The van der Waals surface area contributed by atoms with Gasteiger partial charge >= 0.3 is 0 Å². The normalized spacial score (nSPS) is 35.8. The molecular formula is C13H24N2O. The Kier molecular flexibility index (Phi) is 3.85. The second-order valence-electron chi connectivity index (χ2n) is 5.51. The van der Waals surface area contributed by atoms with E-state index >= 15 is 0 Å². The highest BCUT2D eigenvalue weighted by Gasteiger charge is 2.31. The average Bonchev–Trinajstić information content (AvgIpc) is 2.63. The third-order valence-corrected chi connectivity index (χ3v) is 4.16. The van der Waals surface area contributed by atoms with Crippen molar-refractivity contribution in [2.45, 2.75) is 52.0 Å². The molecule has 2 aliphatic rings. The van der Waals surface area contributed by atoms with Crippen molar-refractivity contribution in [3.8, 4) is 0 Å². The molecule has 1 N–H and O–H groups in total. The van der Waals surface area contributed by atoms with Gasteiger partial charge in [0.25, 0.3) is 0 Å². The van der Waals surface area contributed by atoms with Gasteiger partial charge in [0.15, 0.2) is 0 Å². The third-order valence-electron chi connectivity index (χ3n) is 4.16. The van der Waals surface area contributed by atoms with Crippen molar-refractivity contribution in [2.75, 3.05) is 13.2 Å². The Labute approximate surface area is 98.6 Å². The molecule has 1 unspecified atom stereocenters. The molecule has 0 bridgehead atoms. The highest BCUT2D eigenvalue weighted by atomic mass is 16.2. The lowest BCUT2D eigenvalue weighted by Crippen LogP contribution is -2.34. The molecule has 1 amide bonds. The SMILES string of the molecule is CCC1NCN(CC2CCC(C)CC2)C1=O. The lowest BCUT2D eigenvalue weighted by Gasteiger charge is -2.29. The minimum atomic E-state index is 0.0857. The second kappa shape index (κ2) is 5.17. The number of amides is 1. The van der Waals surface area contributed by atoms with Gasteiger partial charge in [-0.05, 0) is 31.1 Å². The zero-order chi connectivity index (χ0) is 11.5. The van der Waals surface area contributed by atoms with Crippen molar-refractivity contribution in [1.29, 1.82) is 0 Å². The molecule has 1 aliphatic carbocycles. The molecule has 0 spiro atoms. The molecule has 0 radical (unpaired) electrons. The van der Waals surface area contributed by atoms with Crippen LogP contribution in [0.25, 0.3) is 0 Å². The summed E-state index contributed by atoms with van der Waals surface area (Å²) in [6, 6.07) is 0.0857. The molecule has 3 nitrogen and oxygen atoms in total. The smallest absolute Gasteiger partial charge is 0.240 e. The number of rotatable bonds is 3. The van der Waals surface area contributed by atoms with E-state index in [1.165, 1.54) is 25.7 Å². The largest absolute Gasteiger partial charge is 0.328 e. The molecule has 1 atom stereocenters. The molecule has 1 saturated heterocycles. The molecule has 1 aliphatic heterocycles. The second-order valence-corrected chi connectivity index (χ2v) is 5.51. The maximum atomic E-state index is 11.9. The molecule has 2 rings (SSSR count). The van der Waals surface area contributed by atoms with Crippen LogP contribution in [0, 0.1) is 11.8 Å². The summed E-state index contributed by atoms with van der Waals surface area (Å²) in [4.78, 5) is 14.0. The Bertz CT molecular complexity index is 246. The Balaban J connectivity index is 1.80. The number of hydrogen-bond donors (Lipinski definition) is 1. The first-order valence-corrected chi connectivity index (χ1v) is 6.73. The summed E-state index contributed by atoms with van der Waals surface area (Å²) in [5.74, 6) is 1.96. The molecule has 16 heavy (non-hydrogen) atoms. The number of nitrogens with zero attached hydrogens (tertiary/aromatic N) is 1. The van der Waals surface area contributed by atoms with Crippen LogP contribution in [0.3, 0.4) is 0 Å². The molecule has 0 aromatic heterocycles. The zero-order valence-electron chi connectivity index (χ0n) is 10.5. The first-order valence-electron chi connectivity index (χ1n) is 6.73. The van der Waals surface area contributed by atoms with Crippen molar-refractivity contribution in [2.24, 2.45) is 11.8 Å². The van der Waals surface area contributed by atoms with E-state index in [1.54, 1.807) is 0 Å². The molecule has 0 aromatic carbocycles. The fourth-order valence-corrected chi connectivity index (χ4v) is 2.90. The van der Waals surface area contributed by atoms with Gasteiger partial charge in [0, 0.05) is 6.54 Å². The van der Waals surface area contributed by atoms with E-state index in [9.17, 15) is 4.79 Å². The van der Waals surface area contributed by atoms with Crippen LogP contribution in [0.5, 0.6) is 0 Å². The van der Waals surface area contributed by atoms with Gasteiger partial charge in [-0.15, -0.1) is 0 Å². The van der Waals surface area contributed by atoms with E-state index in [4.69, 9.17) is 0 Å². The Hall–Kier alpha value is -0.570. The summed E-state index contributed by atoms with van der Waals surface area (Å²) in [7, 11) is 0.